The average Bonchev–Trinajstić information content (AvgIpc) is 2.02. The van der Waals surface area contributed by atoms with Gasteiger partial charge in [0.2, 0.25) is 0 Å². The average molecular weight is 186 g/mol. The summed E-state index contributed by atoms with van der Waals surface area (Å²) < 4.78 is 0. The van der Waals surface area contributed by atoms with Crippen LogP contribution in [0.3, 0.4) is 0 Å². The molecule has 1 unspecified atom stereocenters. The Bertz CT molecular complexity index is 157. The van der Waals surface area contributed by atoms with Gasteiger partial charge in [-0.15, -0.1) is 0 Å². The van der Waals surface area contributed by atoms with E-state index in [0.717, 1.165) is 13.0 Å². The molecule has 0 aliphatic rings. The summed E-state index contributed by atoms with van der Waals surface area (Å²) in [5.41, 5.74) is 0. The van der Waals surface area contributed by atoms with E-state index < -0.39 is 0 Å². The van der Waals surface area contributed by atoms with Gasteiger partial charge in [0.25, 0.3) is 0 Å². The lowest BCUT2D eigenvalue weighted by molar-refractivity contribution is 0.199. The molecule has 0 aromatic rings. The number of nitrogens with one attached hydrogen (secondary N) is 1. The van der Waals surface area contributed by atoms with Crippen LogP contribution in [-0.2, 0) is 0 Å². The molecule has 0 saturated carbocycles. The lowest BCUT2D eigenvalue weighted by Crippen LogP contribution is -2.42. The zero-order valence-corrected chi connectivity index (χ0v) is 9.42. The maximum absolute atomic E-state index is 11.4. The van der Waals surface area contributed by atoms with Gasteiger partial charge in [-0.05, 0) is 19.8 Å². The van der Waals surface area contributed by atoms with Crippen LogP contribution in [0, 0.1) is 5.92 Å². The van der Waals surface area contributed by atoms with Crippen LogP contribution < -0.4 is 5.32 Å². The number of nitrogens with zero attached hydrogens (tertiary/aromatic N) is 1. The van der Waals surface area contributed by atoms with Crippen molar-refractivity contribution in [1.82, 2.24) is 10.2 Å². The van der Waals surface area contributed by atoms with Crippen LogP contribution in [0.1, 0.15) is 34.1 Å². The minimum absolute atomic E-state index is 0.0234. The van der Waals surface area contributed by atoms with E-state index in [1.807, 2.05) is 20.9 Å². The highest BCUT2D eigenvalue weighted by Gasteiger charge is 2.11. The molecule has 78 valence electrons. The van der Waals surface area contributed by atoms with Crippen LogP contribution in [0.2, 0.25) is 0 Å². The van der Waals surface area contributed by atoms with E-state index in [-0.39, 0.29) is 12.1 Å². The molecular formula is C10H22N2O. The van der Waals surface area contributed by atoms with E-state index in [0.29, 0.717) is 5.92 Å². The van der Waals surface area contributed by atoms with Crippen molar-refractivity contribution in [3.8, 4) is 0 Å². The third-order valence-corrected chi connectivity index (χ3v) is 2.04. The SMILES string of the molecule is CCC(C)CN(C)C(=O)NC(C)C. The van der Waals surface area contributed by atoms with E-state index in [9.17, 15) is 4.79 Å². The molecule has 13 heavy (non-hydrogen) atoms. The summed E-state index contributed by atoms with van der Waals surface area (Å²) in [6.45, 7) is 9.05. The smallest absolute Gasteiger partial charge is 0.317 e. The molecular weight excluding hydrogens is 164 g/mol. The van der Waals surface area contributed by atoms with E-state index in [4.69, 9.17) is 0 Å². The first-order valence-corrected chi connectivity index (χ1v) is 4.99. The Hall–Kier alpha value is -0.730. The van der Waals surface area contributed by atoms with Crippen molar-refractivity contribution in [3.63, 3.8) is 0 Å². The van der Waals surface area contributed by atoms with Gasteiger partial charge in [-0.1, -0.05) is 20.3 Å². The zero-order valence-electron chi connectivity index (χ0n) is 9.42. The molecule has 3 nitrogen and oxygen atoms in total. The van der Waals surface area contributed by atoms with Gasteiger partial charge in [-0.2, -0.15) is 0 Å². The van der Waals surface area contributed by atoms with Gasteiger partial charge in [0.1, 0.15) is 0 Å². The number of carbonyl (C=O) groups excluding carboxylic acids is 1. The summed E-state index contributed by atoms with van der Waals surface area (Å²) in [6.07, 6.45) is 1.11. The van der Waals surface area contributed by atoms with Crippen molar-refractivity contribution < 1.29 is 4.79 Å². The molecule has 0 aliphatic heterocycles. The molecule has 0 fully saturated rings. The molecule has 0 spiro atoms. The van der Waals surface area contributed by atoms with Gasteiger partial charge in [-0.25, -0.2) is 4.79 Å². The number of hydrogen-bond donors (Lipinski definition) is 1. The molecule has 0 heterocycles. The number of amides is 2. The number of carbonyl (C=O) groups is 1. The summed E-state index contributed by atoms with van der Waals surface area (Å²) in [4.78, 5) is 13.2. The van der Waals surface area contributed by atoms with Crippen LogP contribution in [0.15, 0.2) is 0 Å². The van der Waals surface area contributed by atoms with E-state index in [1.54, 1.807) is 4.90 Å². The largest absolute Gasteiger partial charge is 0.336 e. The Morgan fingerprint density at radius 1 is 1.38 bits per heavy atom. The first kappa shape index (κ1) is 12.3. The van der Waals surface area contributed by atoms with Crippen LogP contribution in [0.4, 0.5) is 4.79 Å². The molecule has 0 aliphatic carbocycles. The Morgan fingerprint density at radius 2 is 1.92 bits per heavy atom. The first-order chi connectivity index (χ1) is 5.97. The van der Waals surface area contributed by atoms with Crippen molar-refractivity contribution >= 4 is 6.03 Å². The lowest BCUT2D eigenvalue weighted by Gasteiger charge is -2.22. The predicted molar refractivity (Wildman–Crippen MR) is 55.8 cm³/mol. The summed E-state index contributed by atoms with van der Waals surface area (Å²) in [5.74, 6) is 0.572. The molecule has 0 rings (SSSR count). The molecule has 0 radical (unpaired) electrons. The summed E-state index contributed by atoms with van der Waals surface area (Å²) in [7, 11) is 1.84. The first-order valence-electron chi connectivity index (χ1n) is 4.99. The molecule has 0 saturated heterocycles. The van der Waals surface area contributed by atoms with Crippen molar-refractivity contribution in [2.45, 2.75) is 40.2 Å². The van der Waals surface area contributed by atoms with Gasteiger partial charge < -0.3 is 10.2 Å². The van der Waals surface area contributed by atoms with Crippen LogP contribution in [0.5, 0.6) is 0 Å². The third-order valence-electron chi connectivity index (χ3n) is 2.04. The maximum atomic E-state index is 11.4. The molecule has 0 aromatic carbocycles. The molecule has 1 atom stereocenters. The van der Waals surface area contributed by atoms with E-state index in [1.165, 1.54) is 0 Å². The normalized spacial score (nSPS) is 12.8. The van der Waals surface area contributed by atoms with Gasteiger partial charge in [0, 0.05) is 19.6 Å². The topological polar surface area (TPSA) is 32.3 Å². The van der Waals surface area contributed by atoms with Gasteiger partial charge in [-0.3, -0.25) is 0 Å². The van der Waals surface area contributed by atoms with Gasteiger partial charge in [0.15, 0.2) is 0 Å². The Balaban J connectivity index is 3.82. The number of rotatable bonds is 4. The maximum Gasteiger partial charge on any atom is 0.317 e. The van der Waals surface area contributed by atoms with Crippen LogP contribution in [-0.4, -0.2) is 30.6 Å². The summed E-state index contributed by atoms with van der Waals surface area (Å²) in [5, 5.41) is 2.86. The van der Waals surface area contributed by atoms with Gasteiger partial charge in [0.05, 0.1) is 0 Å². The lowest BCUT2D eigenvalue weighted by atomic mass is 10.1. The molecule has 2 amide bonds. The van der Waals surface area contributed by atoms with Crippen LogP contribution in [0.25, 0.3) is 0 Å². The number of urea groups is 1. The zero-order chi connectivity index (χ0) is 10.4. The van der Waals surface area contributed by atoms with Gasteiger partial charge >= 0.3 is 6.03 Å². The third kappa shape index (κ3) is 5.50. The summed E-state index contributed by atoms with van der Waals surface area (Å²) >= 11 is 0. The van der Waals surface area contributed by atoms with Crippen molar-refractivity contribution in [3.05, 3.63) is 0 Å². The minimum atomic E-state index is 0.0234. The van der Waals surface area contributed by atoms with Crippen molar-refractivity contribution in [2.75, 3.05) is 13.6 Å². The van der Waals surface area contributed by atoms with Crippen molar-refractivity contribution in [2.24, 2.45) is 5.92 Å². The highest BCUT2D eigenvalue weighted by Crippen LogP contribution is 2.02. The minimum Gasteiger partial charge on any atom is -0.336 e. The highest BCUT2D eigenvalue weighted by molar-refractivity contribution is 5.74. The summed E-state index contributed by atoms with van der Waals surface area (Å²) in [6, 6.07) is 0.238. The predicted octanol–water partition coefficient (Wildman–Crippen LogP) is 2.08. The van der Waals surface area contributed by atoms with Crippen LogP contribution >= 0.6 is 0 Å². The monoisotopic (exact) mass is 186 g/mol. The Morgan fingerprint density at radius 3 is 2.31 bits per heavy atom. The second-order valence-electron chi connectivity index (χ2n) is 4.00. The number of hydrogen-bond acceptors (Lipinski definition) is 1. The second kappa shape index (κ2) is 5.84. The fraction of sp³-hybridized carbons (Fsp3) is 0.900. The quantitative estimate of drug-likeness (QED) is 0.716. The Labute approximate surface area is 81.5 Å². The highest BCUT2D eigenvalue weighted by atomic mass is 16.2. The molecule has 0 aromatic heterocycles. The molecule has 0 bridgehead atoms. The van der Waals surface area contributed by atoms with Crippen molar-refractivity contribution in [1.29, 1.82) is 0 Å². The fourth-order valence-electron chi connectivity index (χ4n) is 1.04. The second-order valence-corrected chi connectivity index (χ2v) is 4.00. The van der Waals surface area contributed by atoms with E-state index in [2.05, 4.69) is 19.2 Å². The fourth-order valence-corrected chi connectivity index (χ4v) is 1.04. The standard InChI is InChI=1S/C10H22N2O/c1-6-9(4)7-12(5)10(13)11-8(2)3/h8-9H,6-7H2,1-5H3,(H,11,13). The Kier molecular flexibility index (Phi) is 5.51. The molecule has 1 N–H and O–H groups in total. The van der Waals surface area contributed by atoms with E-state index >= 15 is 0 Å². The molecule has 3 heteroatoms.